The van der Waals surface area contributed by atoms with Gasteiger partial charge in [-0.25, -0.2) is 13.2 Å². The Kier molecular flexibility index (Phi) is 6.67. The molecule has 0 aromatic rings. The zero-order chi connectivity index (χ0) is 18.6. The van der Waals surface area contributed by atoms with Crippen molar-refractivity contribution in [2.24, 2.45) is 0 Å². The van der Waals surface area contributed by atoms with Crippen molar-refractivity contribution in [1.82, 2.24) is 20.0 Å². The monoisotopic (exact) mass is 374 g/mol. The van der Waals surface area contributed by atoms with E-state index in [1.54, 1.807) is 19.0 Å². The van der Waals surface area contributed by atoms with E-state index in [4.69, 9.17) is 0 Å². The highest BCUT2D eigenvalue weighted by Gasteiger charge is 2.48. The molecule has 0 saturated carbocycles. The number of likely N-dealkylation sites (N-methyl/N-ethyl adjacent to an activating group) is 1. The molecule has 0 radical (unpaired) electrons. The molecule has 2 rings (SSSR count). The number of piperazine rings is 1. The lowest BCUT2D eigenvalue weighted by molar-refractivity contribution is -0.131. The molecule has 2 aliphatic heterocycles. The van der Waals surface area contributed by atoms with Crippen LogP contribution in [0.3, 0.4) is 0 Å². The van der Waals surface area contributed by atoms with E-state index in [1.807, 2.05) is 4.90 Å². The van der Waals surface area contributed by atoms with Gasteiger partial charge in [0.2, 0.25) is 5.91 Å². The van der Waals surface area contributed by atoms with Gasteiger partial charge in [-0.3, -0.25) is 9.69 Å². The molecule has 25 heavy (non-hydrogen) atoms. The van der Waals surface area contributed by atoms with Gasteiger partial charge in [0.25, 0.3) is 0 Å². The Hall–Kier alpha value is -1.35. The van der Waals surface area contributed by atoms with E-state index in [9.17, 15) is 18.0 Å². The zero-order valence-corrected chi connectivity index (χ0v) is 16.2. The molecule has 9 heteroatoms. The summed E-state index contributed by atoms with van der Waals surface area (Å²) in [4.78, 5) is 29.6. The summed E-state index contributed by atoms with van der Waals surface area (Å²) in [5, 5.41) is 2.90. The third kappa shape index (κ3) is 5.07. The lowest BCUT2D eigenvalue weighted by Crippen LogP contribution is -2.63. The molecule has 2 fully saturated rings. The Morgan fingerprint density at radius 2 is 1.80 bits per heavy atom. The van der Waals surface area contributed by atoms with Crippen LogP contribution in [-0.2, 0) is 14.6 Å². The summed E-state index contributed by atoms with van der Waals surface area (Å²) in [5.74, 6) is -0.0643. The van der Waals surface area contributed by atoms with Crippen LogP contribution in [0.25, 0.3) is 0 Å². The average Bonchev–Trinajstić information content (AvgIpc) is 2.86. The number of unbranched alkanes of at least 4 members (excludes halogenated alkanes) is 2. The maximum atomic E-state index is 12.5. The van der Waals surface area contributed by atoms with Gasteiger partial charge in [0.1, 0.15) is 0 Å². The first-order valence-electron chi connectivity index (χ1n) is 8.94. The molecule has 0 unspecified atom stereocenters. The number of sulfone groups is 1. The molecule has 0 aromatic heterocycles. The Bertz CT molecular complexity index is 593. The topological polar surface area (TPSA) is 90.0 Å². The Balaban J connectivity index is 2.04. The van der Waals surface area contributed by atoms with Crippen LogP contribution in [0.2, 0.25) is 0 Å². The van der Waals surface area contributed by atoms with E-state index in [1.165, 1.54) is 4.90 Å². The van der Waals surface area contributed by atoms with Crippen LogP contribution in [-0.4, -0.2) is 98.9 Å². The quantitative estimate of drug-likeness (QED) is 0.648. The second-order valence-electron chi connectivity index (χ2n) is 7.10. The highest BCUT2D eigenvalue weighted by molar-refractivity contribution is 7.91. The molecule has 0 aromatic carbocycles. The van der Waals surface area contributed by atoms with Crippen LogP contribution < -0.4 is 5.32 Å². The number of carbonyl (C=O) groups excluding carboxylic acids is 2. The van der Waals surface area contributed by atoms with E-state index in [0.29, 0.717) is 19.6 Å². The fraction of sp³-hybridized carbons (Fsp3) is 0.875. The lowest BCUT2D eigenvalue weighted by Gasteiger charge is -2.43. The van der Waals surface area contributed by atoms with Gasteiger partial charge in [-0.15, -0.1) is 0 Å². The third-order valence-electron chi connectivity index (χ3n) is 4.95. The van der Waals surface area contributed by atoms with Crippen molar-refractivity contribution in [3.05, 3.63) is 0 Å². The predicted molar refractivity (Wildman–Crippen MR) is 96.1 cm³/mol. The van der Waals surface area contributed by atoms with Crippen LogP contribution in [0.15, 0.2) is 0 Å². The second kappa shape index (κ2) is 8.35. The first-order chi connectivity index (χ1) is 11.7. The number of nitrogens with one attached hydrogen (secondary N) is 1. The number of hydrogen-bond acceptors (Lipinski definition) is 5. The van der Waals surface area contributed by atoms with Gasteiger partial charge < -0.3 is 15.1 Å². The first-order valence-corrected chi connectivity index (χ1v) is 10.8. The highest BCUT2D eigenvalue weighted by Crippen LogP contribution is 2.27. The van der Waals surface area contributed by atoms with Crippen molar-refractivity contribution in [3.63, 3.8) is 0 Å². The molecular weight excluding hydrogens is 344 g/mol. The van der Waals surface area contributed by atoms with Crippen molar-refractivity contribution < 1.29 is 18.0 Å². The fourth-order valence-electron chi connectivity index (χ4n) is 3.46. The smallest absolute Gasteiger partial charge is 0.317 e. The van der Waals surface area contributed by atoms with Crippen molar-refractivity contribution in [3.8, 4) is 0 Å². The molecular formula is C16H30N4O4S. The van der Waals surface area contributed by atoms with E-state index in [2.05, 4.69) is 12.2 Å². The molecule has 0 bridgehead atoms. The number of nitrogens with zero attached hydrogens (tertiary/aromatic N) is 3. The van der Waals surface area contributed by atoms with Crippen LogP contribution in [0.4, 0.5) is 4.79 Å². The van der Waals surface area contributed by atoms with Gasteiger partial charge in [0.05, 0.1) is 24.1 Å². The molecule has 2 atom stereocenters. The molecule has 0 aliphatic carbocycles. The van der Waals surface area contributed by atoms with Crippen LogP contribution in [0.1, 0.15) is 26.2 Å². The van der Waals surface area contributed by atoms with Crippen LogP contribution >= 0.6 is 0 Å². The molecule has 3 amide bonds. The largest absolute Gasteiger partial charge is 0.348 e. The summed E-state index contributed by atoms with van der Waals surface area (Å²) < 4.78 is 24.3. The number of amides is 3. The van der Waals surface area contributed by atoms with Gasteiger partial charge in [-0.1, -0.05) is 19.8 Å². The molecule has 1 N–H and O–H groups in total. The summed E-state index contributed by atoms with van der Waals surface area (Å²) >= 11 is 0. The Labute approximate surface area is 150 Å². The highest BCUT2D eigenvalue weighted by atomic mass is 32.2. The minimum atomic E-state index is -3.20. The van der Waals surface area contributed by atoms with Crippen molar-refractivity contribution >= 4 is 21.8 Å². The molecule has 2 saturated heterocycles. The molecule has 2 aliphatic rings. The standard InChI is InChI=1S/C16H30N4O4S/c1-4-5-6-7-17-16(22)20-9-8-19(10-15(21)18(2)3)13-11-25(23,24)12-14(13)20/h13-14H,4-12H2,1-3H3,(H,17,22)/t13-,14+/m1/s1. The Morgan fingerprint density at radius 3 is 2.44 bits per heavy atom. The van der Waals surface area contributed by atoms with E-state index < -0.39 is 9.84 Å². The van der Waals surface area contributed by atoms with Crippen LogP contribution in [0.5, 0.6) is 0 Å². The maximum Gasteiger partial charge on any atom is 0.317 e. The normalized spacial score (nSPS) is 25.5. The maximum absolute atomic E-state index is 12.5. The number of hydrogen-bond donors (Lipinski definition) is 1. The molecule has 2 heterocycles. The fourth-order valence-corrected chi connectivity index (χ4v) is 5.47. The molecule has 144 valence electrons. The van der Waals surface area contributed by atoms with Gasteiger partial charge in [0, 0.05) is 39.8 Å². The lowest BCUT2D eigenvalue weighted by atomic mass is 10.1. The number of carbonyl (C=O) groups is 2. The van der Waals surface area contributed by atoms with E-state index >= 15 is 0 Å². The average molecular weight is 375 g/mol. The van der Waals surface area contributed by atoms with Gasteiger partial charge in [-0.2, -0.15) is 0 Å². The number of urea groups is 1. The van der Waals surface area contributed by atoms with Crippen molar-refractivity contribution in [2.75, 3.05) is 51.8 Å². The second-order valence-corrected chi connectivity index (χ2v) is 9.26. The minimum absolute atomic E-state index is 0.0119. The SMILES string of the molecule is CCCCCNC(=O)N1CCN(CC(=O)N(C)C)[C@@H]2CS(=O)(=O)C[C@@H]21. The zero-order valence-electron chi connectivity index (χ0n) is 15.4. The van der Waals surface area contributed by atoms with Crippen LogP contribution in [0, 0.1) is 0 Å². The minimum Gasteiger partial charge on any atom is -0.348 e. The summed E-state index contributed by atoms with van der Waals surface area (Å²) in [6, 6.07) is -0.870. The Morgan fingerprint density at radius 1 is 1.12 bits per heavy atom. The summed E-state index contributed by atoms with van der Waals surface area (Å²) in [7, 11) is 0.170. The third-order valence-corrected chi connectivity index (χ3v) is 6.64. The first kappa shape index (κ1) is 20.0. The number of fused-ring (bicyclic) bond motifs is 1. The molecule has 0 spiro atoms. The van der Waals surface area contributed by atoms with E-state index in [0.717, 1.165) is 19.3 Å². The van der Waals surface area contributed by atoms with Gasteiger partial charge in [0.15, 0.2) is 9.84 Å². The summed E-state index contributed by atoms with van der Waals surface area (Å²) in [5.41, 5.74) is 0. The summed E-state index contributed by atoms with van der Waals surface area (Å²) in [6.07, 6.45) is 3.06. The van der Waals surface area contributed by atoms with E-state index in [-0.39, 0.29) is 42.1 Å². The predicted octanol–water partition coefficient (Wildman–Crippen LogP) is -0.242. The summed E-state index contributed by atoms with van der Waals surface area (Å²) in [6.45, 7) is 3.85. The van der Waals surface area contributed by atoms with Gasteiger partial charge in [-0.05, 0) is 6.42 Å². The number of rotatable bonds is 6. The van der Waals surface area contributed by atoms with Crippen molar-refractivity contribution in [2.45, 2.75) is 38.3 Å². The molecule has 8 nitrogen and oxygen atoms in total. The van der Waals surface area contributed by atoms with Crippen molar-refractivity contribution in [1.29, 1.82) is 0 Å². The van der Waals surface area contributed by atoms with Gasteiger partial charge >= 0.3 is 6.03 Å².